The molecule has 1 fully saturated rings. The Labute approximate surface area is 123 Å². The second kappa shape index (κ2) is 5.61. The molecule has 1 aromatic rings. The second-order valence-electron chi connectivity index (χ2n) is 4.93. The van der Waals surface area contributed by atoms with Crippen molar-refractivity contribution < 1.29 is 28.2 Å². The van der Waals surface area contributed by atoms with E-state index in [0.717, 1.165) is 19.2 Å². The zero-order valence-electron chi connectivity index (χ0n) is 11.8. The molecule has 22 heavy (non-hydrogen) atoms. The minimum atomic E-state index is -3.78. The SMILES string of the molecule is CC(=O)O[C@H](C)[C@H]1O[C@@H](n2ccc(N)nc2=O)C(F)(F)[C@@H]1O. The van der Waals surface area contributed by atoms with Gasteiger partial charge in [-0.1, -0.05) is 0 Å². The third-order valence-corrected chi connectivity index (χ3v) is 3.24. The minimum absolute atomic E-state index is 0.132. The van der Waals surface area contributed by atoms with Crippen LogP contribution in [0.25, 0.3) is 0 Å². The first-order chi connectivity index (χ1) is 10.1. The number of aromatic nitrogens is 2. The number of anilines is 1. The molecule has 0 radical (unpaired) electrons. The molecule has 0 bridgehead atoms. The van der Waals surface area contributed by atoms with Gasteiger partial charge in [-0.25, -0.2) is 4.79 Å². The third kappa shape index (κ3) is 2.79. The van der Waals surface area contributed by atoms with Crippen LogP contribution in [0.15, 0.2) is 17.1 Å². The molecule has 1 aliphatic rings. The lowest BCUT2D eigenvalue weighted by molar-refractivity contribution is -0.158. The summed E-state index contributed by atoms with van der Waals surface area (Å²) in [7, 11) is 0. The second-order valence-corrected chi connectivity index (χ2v) is 4.93. The molecule has 8 nitrogen and oxygen atoms in total. The van der Waals surface area contributed by atoms with Crippen molar-refractivity contribution in [3.8, 4) is 0 Å². The monoisotopic (exact) mass is 319 g/mol. The maximum absolute atomic E-state index is 14.2. The van der Waals surface area contributed by atoms with Gasteiger partial charge in [0.25, 0.3) is 0 Å². The fourth-order valence-electron chi connectivity index (χ4n) is 2.23. The molecule has 0 amide bonds. The van der Waals surface area contributed by atoms with Crippen molar-refractivity contribution in [2.75, 3.05) is 5.73 Å². The van der Waals surface area contributed by atoms with Crippen molar-refractivity contribution in [1.29, 1.82) is 0 Å². The molecule has 3 N–H and O–H groups in total. The van der Waals surface area contributed by atoms with Crippen molar-refractivity contribution in [2.45, 2.75) is 44.3 Å². The molecule has 2 heterocycles. The zero-order valence-corrected chi connectivity index (χ0v) is 11.8. The van der Waals surface area contributed by atoms with Gasteiger partial charge in [-0.2, -0.15) is 13.8 Å². The van der Waals surface area contributed by atoms with Gasteiger partial charge in [0.1, 0.15) is 18.0 Å². The van der Waals surface area contributed by atoms with Crippen LogP contribution in [0.4, 0.5) is 14.6 Å². The fraction of sp³-hybridized carbons (Fsp3) is 0.583. The van der Waals surface area contributed by atoms with Gasteiger partial charge in [0.05, 0.1) is 0 Å². The summed E-state index contributed by atoms with van der Waals surface area (Å²) in [6, 6.07) is 1.15. The maximum atomic E-state index is 14.2. The van der Waals surface area contributed by atoms with Gasteiger partial charge in [0.15, 0.2) is 6.10 Å². The molecule has 0 spiro atoms. The number of esters is 1. The van der Waals surface area contributed by atoms with Gasteiger partial charge in [0.2, 0.25) is 6.23 Å². The van der Waals surface area contributed by atoms with Crippen LogP contribution >= 0.6 is 0 Å². The van der Waals surface area contributed by atoms with Gasteiger partial charge in [-0.3, -0.25) is 9.36 Å². The Balaban J connectivity index is 2.33. The normalized spacial score (nSPS) is 28.3. The molecule has 0 aromatic carbocycles. The van der Waals surface area contributed by atoms with E-state index in [1.54, 1.807) is 0 Å². The number of rotatable bonds is 3. The molecule has 0 unspecified atom stereocenters. The summed E-state index contributed by atoms with van der Waals surface area (Å²) in [5.74, 6) is -4.62. The van der Waals surface area contributed by atoms with Gasteiger partial charge in [-0.15, -0.1) is 0 Å². The molecule has 0 aliphatic carbocycles. The molecular formula is C12H15F2N3O5. The third-order valence-electron chi connectivity index (χ3n) is 3.24. The van der Waals surface area contributed by atoms with Gasteiger partial charge in [0, 0.05) is 13.1 Å². The molecule has 1 aromatic heterocycles. The summed E-state index contributed by atoms with van der Waals surface area (Å²) in [6.07, 6.45) is -5.95. The average molecular weight is 319 g/mol. The predicted molar refractivity (Wildman–Crippen MR) is 69.0 cm³/mol. The number of nitrogen functional groups attached to an aromatic ring is 1. The number of halogens is 2. The first-order valence-electron chi connectivity index (χ1n) is 6.37. The van der Waals surface area contributed by atoms with Gasteiger partial charge >= 0.3 is 17.6 Å². The van der Waals surface area contributed by atoms with E-state index in [4.69, 9.17) is 15.2 Å². The molecule has 2 rings (SSSR count). The number of aliphatic hydroxyl groups is 1. The van der Waals surface area contributed by atoms with E-state index in [1.807, 2.05) is 0 Å². The van der Waals surface area contributed by atoms with Crippen molar-refractivity contribution in [1.82, 2.24) is 9.55 Å². The molecule has 0 saturated carbocycles. The lowest BCUT2D eigenvalue weighted by Gasteiger charge is -2.21. The van der Waals surface area contributed by atoms with Crippen LogP contribution in [-0.2, 0) is 14.3 Å². The van der Waals surface area contributed by atoms with E-state index in [9.17, 15) is 23.5 Å². The summed E-state index contributed by atoms with van der Waals surface area (Å²) < 4.78 is 38.7. The van der Waals surface area contributed by atoms with E-state index >= 15 is 0 Å². The number of hydrogen-bond donors (Lipinski definition) is 2. The largest absolute Gasteiger partial charge is 0.460 e. The van der Waals surface area contributed by atoms with E-state index in [-0.39, 0.29) is 5.82 Å². The van der Waals surface area contributed by atoms with E-state index in [0.29, 0.717) is 4.57 Å². The number of carbonyl (C=O) groups excluding carboxylic acids is 1. The lowest BCUT2D eigenvalue weighted by Crippen LogP contribution is -2.43. The Morgan fingerprint density at radius 3 is 2.82 bits per heavy atom. The highest BCUT2D eigenvalue weighted by Gasteiger charge is 2.61. The van der Waals surface area contributed by atoms with E-state index in [1.165, 1.54) is 6.92 Å². The molecule has 1 saturated heterocycles. The van der Waals surface area contributed by atoms with Gasteiger partial charge in [-0.05, 0) is 13.0 Å². The van der Waals surface area contributed by atoms with Crippen LogP contribution in [-0.4, -0.2) is 44.9 Å². The molecule has 10 heteroatoms. The van der Waals surface area contributed by atoms with Crippen LogP contribution in [0, 0.1) is 0 Å². The highest BCUT2D eigenvalue weighted by atomic mass is 19.3. The van der Waals surface area contributed by atoms with Crippen LogP contribution in [0.2, 0.25) is 0 Å². The van der Waals surface area contributed by atoms with Gasteiger partial charge < -0.3 is 20.3 Å². The van der Waals surface area contributed by atoms with Crippen molar-refractivity contribution in [3.63, 3.8) is 0 Å². The van der Waals surface area contributed by atoms with Crippen molar-refractivity contribution in [3.05, 3.63) is 22.7 Å². The van der Waals surface area contributed by atoms with Crippen LogP contribution < -0.4 is 11.4 Å². The topological polar surface area (TPSA) is 117 Å². The van der Waals surface area contributed by atoms with E-state index < -0.39 is 42.1 Å². The molecule has 1 aliphatic heterocycles. The number of carbonyl (C=O) groups is 1. The summed E-state index contributed by atoms with van der Waals surface area (Å²) in [4.78, 5) is 25.9. The van der Waals surface area contributed by atoms with Crippen molar-refractivity contribution in [2.24, 2.45) is 0 Å². The Morgan fingerprint density at radius 2 is 2.27 bits per heavy atom. The molecule has 122 valence electrons. The standard InChI is InChI=1S/C12H15F2N3O5/c1-5(21-6(2)18)8-9(19)12(13,14)10(22-8)17-4-3-7(15)16-11(17)20/h3-5,8-10,19H,1-2H3,(H2,15,16,20)/t5-,8-,9-,10-/m1/s1. The Bertz CT molecular complexity index is 635. The van der Waals surface area contributed by atoms with Crippen LogP contribution in [0.1, 0.15) is 20.1 Å². The number of aliphatic hydroxyl groups excluding tert-OH is 1. The number of ether oxygens (including phenoxy) is 2. The Hall–Kier alpha value is -2.07. The highest BCUT2D eigenvalue weighted by Crippen LogP contribution is 2.43. The van der Waals surface area contributed by atoms with Crippen LogP contribution in [0.5, 0.6) is 0 Å². The predicted octanol–water partition coefficient (Wildman–Crippen LogP) is -0.329. The first-order valence-corrected chi connectivity index (χ1v) is 6.37. The minimum Gasteiger partial charge on any atom is -0.460 e. The average Bonchev–Trinajstić information content (AvgIpc) is 2.61. The summed E-state index contributed by atoms with van der Waals surface area (Å²) in [5, 5.41) is 9.75. The van der Waals surface area contributed by atoms with Crippen molar-refractivity contribution >= 4 is 11.8 Å². The lowest BCUT2D eigenvalue weighted by atomic mass is 10.1. The number of hydrogen-bond acceptors (Lipinski definition) is 7. The first kappa shape index (κ1) is 16.3. The smallest absolute Gasteiger partial charge is 0.351 e. The summed E-state index contributed by atoms with van der Waals surface area (Å²) in [5.41, 5.74) is 4.25. The number of nitrogens with two attached hydrogens (primary N) is 1. The van der Waals surface area contributed by atoms with E-state index in [2.05, 4.69) is 4.98 Å². The molecular weight excluding hydrogens is 304 g/mol. The number of nitrogens with zero attached hydrogens (tertiary/aromatic N) is 2. The number of alkyl halides is 2. The maximum Gasteiger partial charge on any atom is 0.351 e. The quantitative estimate of drug-likeness (QED) is 0.733. The zero-order chi connectivity index (χ0) is 16.7. The summed E-state index contributed by atoms with van der Waals surface area (Å²) in [6.45, 7) is 2.40. The highest BCUT2D eigenvalue weighted by molar-refractivity contribution is 5.66. The fourth-order valence-corrected chi connectivity index (χ4v) is 2.23. The molecule has 4 atom stereocenters. The Kier molecular flexibility index (Phi) is 4.16. The Morgan fingerprint density at radius 1 is 1.64 bits per heavy atom. The summed E-state index contributed by atoms with van der Waals surface area (Å²) >= 11 is 0. The van der Waals surface area contributed by atoms with Crippen LogP contribution in [0.3, 0.4) is 0 Å².